The highest BCUT2D eigenvalue weighted by atomic mass is 15.0. The molecule has 1 aromatic carbocycles. The molecule has 2 heteroatoms. The van der Waals surface area contributed by atoms with Gasteiger partial charge in [0.2, 0.25) is 0 Å². The second kappa shape index (κ2) is 7.06. The predicted octanol–water partition coefficient (Wildman–Crippen LogP) is 3.42. The van der Waals surface area contributed by atoms with Gasteiger partial charge in [-0.2, -0.15) is 0 Å². The first kappa shape index (κ1) is 14.5. The highest BCUT2D eigenvalue weighted by molar-refractivity contribution is 5.27. The van der Waals surface area contributed by atoms with Crippen molar-refractivity contribution in [2.45, 2.75) is 51.7 Å². The minimum Gasteiger partial charge on any atom is -0.310 e. The Hall–Kier alpha value is -0.860. The summed E-state index contributed by atoms with van der Waals surface area (Å²) in [4.78, 5) is 2.24. The van der Waals surface area contributed by atoms with Gasteiger partial charge in [0.25, 0.3) is 0 Å². The van der Waals surface area contributed by atoms with Gasteiger partial charge in [-0.25, -0.2) is 0 Å². The molecule has 1 aliphatic carbocycles. The molecule has 2 rings (SSSR count). The maximum Gasteiger partial charge on any atom is 0.0230 e. The number of benzene rings is 1. The van der Waals surface area contributed by atoms with Gasteiger partial charge in [-0.3, -0.25) is 0 Å². The van der Waals surface area contributed by atoms with Crippen molar-refractivity contribution in [1.82, 2.24) is 10.2 Å². The predicted molar refractivity (Wildman–Crippen MR) is 82.1 cm³/mol. The molecule has 1 aliphatic rings. The SMILES string of the molecule is CCC1CCC(NCc2ccccc2CN(C)C)C1. The van der Waals surface area contributed by atoms with E-state index >= 15 is 0 Å². The van der Waals surface area contributed by atoms with E-state index in [4.69, 9.17) is 0 Å². The molecule has 0 saturated heterocycles. The Morgan fingerprint density at radius 3 is 2.53 bits per heavy atom. The topological polar surface area (TPSA) is 15.3 Å². The van der Waals surface area contributed by atoms with E-state index in [1.54, 1.807) is 0 Å². The maximum atomic E-state index is 3.76. The molecule has 0 aromatic heterocycles. The molecule has 19 heavy (non-hydrogen) atoms. The standard InChI is InChI=1S/C17H28N2/c1-4-14-9-10-17(11-14)18-12-15-7-5-6-8-16(15)13-19(2)3/h5-8,14,17-18H,4,9-13H2,1-3H3. The molecule has 0 radical (unpaired) electrons. The van der Waals surface area contributed by atoms with Crippen molar-refractivity contribution in [3.05, 3.63) is 35.4 Å². The van der Waals surface area contributed by atoms with Crippen molar-refractivity contribution in [3.63, 3.8) is 0 Å². The zero-order valence-corrected chi connectivity index (χ0v) is 12.7. The lowest BCUT2D eigenvalue weighted by Crippen LogP contribution is -2.26. The molecular weight excluding hydrogens is 232 g/mol. The summed E-state index contributed by atoms with van der Waals surface area (Å²) in [6.45, 7) is 4.37. The number of nitrogens with zero attached hydrogens (tertiary/aromatic N) is 1. The summed E-state index contributed by atoms with van der Waals surface area (Å²) >= 11 is 0. The van der Waals surface area contributed by atoms with Crippen LogP contribution in [0.15, 0.2) is 24.3 Å². The van der Waals surface area contributed by atoms with Gasteiger partial charge < -0.3 is 10.2 Å². The quantitative estimate of drug-likeness (QED) is 0.843. The van der Waals surface area contributed by atoms with Crippen LogP contribution < -0.4 is 5.32 Å². The second-order valence-corrected chi connectivity index (χ2v) is 6.17. The zero-order valence-electron chi connectivity index (χ0n) is 12.7. The molecule has 1 aromatic rings. The maximum absolute atomic E-state index is 3.76. The van der Waals surface area contributed by atoms with Crippen LogP contribution in [0.5, 0.6) is 0 Å². The fraction of sp³-hybridized carbons (Fsp3) is 0.647. The smallest absolute Gasteiger partial charge is 0.0230 e. The van der Waals surface area contributed by atoms with Crippen LogP contribution in [0.4, 0.5) is 0 Å². The van der Waals surface area contributed by atoms with Crippen molar-refractivity contribution < 1.29 is 0 Å². The molecular formula is C17H28N2. The lowest BCUT2D eigenvalue weighted by molar-refractivity contribution is 0.399. The van der Waals surface area contributed by atoms with Crippen LogP contribution in [0.3, 0.4) is 0 Å². The number of hydrogen-bond acceptors (Lipinski definition) is 2. The third-order valence-corrected chi connectivity index (χ3v) is 4.30. The monoisotopic (exact) mass is 260 g/mol. The molecule has 0 heterocycles. The fourth-order valence-electron chi connectivity index (χ4n) is 3.11. The lowest BCUT2D eigenvalue weighted by Gasteiger charge is -2.17. The van der Waals surface area contributed by atoms with E-state index in [0.29, 0.717) is 0 Å². The Labute approximate surface area is 118 Å². The number of nitrogens with one attached hydrogen (secondary N) is 1. The summed E-state index contributed by atoms with van der Waals surface area (Å²) < 4.78 is 0. The largest absolute Gasteiger partial charge is 0.310 e. The van der Waals surface area contributed by atoms with Crippen LogP contribution in [-0.2, 0) is 13.1 Å². The minimum absolute atomic E-state index is 0.734. The van der Waals surface area contributed by atoms with Crippen LogP contribution in [0.1, 0.15) is 43.7 Å². The molecule has 0 amide bonds. The number of rotatable bonds is 6. The van der Waals surface area contributed by atoms with E-state index in [0.717, 1.165) is 25.0 Å². The van der Waals surface area contributed by atoms with Crippen LogP contribution in [-0.4, -0.2) is 25.0 Å². The average Bonchev–Trinajstić information content (AvgIpc) is 2.85. The molecule has 1 fully saturated rings. The third-order valence-electron chi connectivity index (χ3n) is 4.30. The van der Waals surface area contributed by atoms with Gasteiger partial charge in [-0.05, 0) is 50.4 Å². The first-order chi connectivity index (χ1) is 9.19. The van der Waals surface area contributed by atoms with Gasteiger partial charge in [0.05, 0.1) is 0 Å². The molecule has 2 unspecified atom stereocenters. The molecule has 2 atom stereocenters. The van der Waals surface area contributed by atoms with Gasteiger partial charge in [-0.1, -0.05) is 37.6 Å². The highest BCUT2D eigenvalue weighted by Crippen LogP contribution is 2.28. The molecule has 1 N–H and O–H groups in total. The Kier molecular flexibility index (Phi) is 5.41. The van der Waals surface area contributed by atoms with E-state index in [9.17, 15) is 0 Å². The summed E-state index contributed by atoms with van der Waals surface area (Å²) in [5.74, 6) is 0.953. The number of hydrogen-bond donors (Lipinski definition) is 1. The molecule has 0 bridgehead atoms. The van der Waals surface area contributed by atoms with E-state index in [2.05, 4.69) is 55.5 Å². The van der Waals surface area contributed by atoms with Crippen LogP contribution in [0, 0.1) is 5.92 Å². The van der Waals surface area contributed by atoms with Crippen molar-refractivity contribution >= 4 is 0 Å². The van der Waals surface area contributed by atoms with Gasteiger partial charge in [0.15, 0.2) is 0 Å². The Morgan fingerprint density at radius 1 is 1.16 bits per heavy atom. The van der Waals surface area contributed by atoms with Crippen molar-refractivity contribution in [1.29, 1.82) is 0 Å². The molecule has 0 spiro atoms. The zero-order chi connectivity index (χ0) is 13.7. The average molecular weight is 260 g/mol. The summed E-state index contributed by atoms with van der Waals surface area (Å²) in [5.41, 5.74) is 2.90. The van der Waals surface area contributed by atoms with Crippen LogP contribution in [0.25, 0.3) is 0 Å². The second-order valence-electron chi connectivity index (χ2n) is 6.17. The Morgan fingerprint density at radius 2 is 1.89 bits per heavy atom. The molecule has 106 valence electrons. The molecule has 1 saturated carbocycles. The van der Waals surface area contributed by atoms with Gasteiger partial charge >= 0.3 is 0 Å². The van der Waals surface area contributed by atoms with Crippen molar-refractivity contribution in [2.24, 2.45) is 5.92 Å². The Bertz CT molecular complexity index is 387. The first-order valence-electron chi connectivity index (χ1n) is 7.64. The van der Waals surface area contributed by atoms with Crippen molar-refractivity contribution in [2.75, 3.05) is 14.1 Å². The normalized spacial score (nSPS) is 23.2. The molecule has 2 nitrogen and oxygen atoms in total. The summed E-state index contributed by atoms with van der Waals surface area (Å²) in [6.07, 6.45) is 5.48. The third kappa shape index (κ3) is 4.32. The van der Waals surface area contributed by atoms with Crippen LogP contribution >= 0.6 is 0 Å². The van der Waals surface area contributed by atoms with Gasteiger partial charge in [0.1, 0.15) is 0 Å². The van der Waals surface area contributed by atoms with Gasteiger partial charge in [-0.15, -0.1) is 0 Å². The lowest BCUT2D eigenvalue weighted by atomic mass is 10.0. The minimum atomic E-state index is 0.734. The van der Waals surface area contributed by atoms with E-state index in [-0.39, 0.29) is 0 Å². The summed E-state index contributed by atoms with van der Waals surface area (Å²) in [6, 6.07) is 9.54. The van der Waals surface area contributed by atoms with Crippen LogP contribution in [0.2, 0.25) is 0 Å². The Balaban J connectivity index is 1.89. The summed E-state index contributed by atoms with van der Waals surface area (Å²) in [7, 11) is 4.26. The van der Waals surface area contributed by atoms with E-state index in [1.165, 1.54) is 36.8 Å². The summed E-state index contributed by atoms with van der Waals surface area (Å²) in [5, 5.41) is 3.76. The van der Waals surface area contributed by atoms with E-state index < -0.39 is 0 Å². The fourth-order valence-corrected chi connectivity index (χ4v) is 3.11. The van der Waals surface area contributed by atoms with E-state index in [1.807, 2.05) is 0 Å². The molecule has 0 aliphatic heterocycles. The van der Waals surface area contributed by atoms with Gasteiger partial charge in [0, 0.05) is 19.1 Å². The highest BCUT2D eigenvalue weighted by Gasteiger charge is 2.22. The first-order valence-corrected chi connectivity index (χ1v) is 7.64. The van der Waals surface area contributed by atoms with Crippen molar-refractivity contribution in [3.8, 4) is 0 Å².